The van der Waals surface area contributed by atoms with Crippen molar-refractivity contribution in [3.63, 3.8) is 0 Å². The van der Waals surface area contributed by atoms with Crippen LogP contribution in [0.25, 0.3) is 0 Å². The summed E-state index contributed by atoms with van der Waals surface area (Å²) in [4.78, 5) is 22.6. The molecule has 1 aliphatic carbocycles. The van der Waals surface area contributed by atoms with Gasteiger partial charge in [-0.3, -0.25) is 4.79 Å². The first-order valence-electron chi connectivity index (χ1n) is 6.41. The van der Waals surface area contributed by atoms with E-state index >= 15 is 0 Å². The SMILES string of the molecule is C[C@@H]1C[C@H](NC(=O)OC(C)(C)C)CC[C@@H]1C(=O)O. The molecule has 1 aliphatic rings. The van der Waals surface area contributed by atoms with Gasteiger partial charge in [0.15, 0.2) is 0 Å². The summed E-state index contributed by atoms with van der Waals surface area (Å²) in [7, 11) is 0. The van der Waals surface area contributed by atoms with E-state index < -0.39 is 17.7 Å². The molecule has 0 spiro atoms. The fourth-order valence-electron chi connectivity index (χ4n) is 2.37. The van der Waals surface area contributed by atoms with E-state index in [1.807, 2.05) is 27.7 Å². The van der Waals surface area contributed by atoms with E-state index in [1.165, 1.54) is 0 Å². The summed E-state index contributed by atoms with van der Waals surface area (Å²) in [5.41, 5.74) is -0.506. The monoisotopic (exact) mass is 257 g/mol. The average Bonchev–Trinajstić information content (AvgIpc) is 2.13. The van der Waals surface area contributed by atoms with Crippen molar-refractivity contribution in [1.82, 2.24) is 5.32 Å². The number of carboxylic acid groups (broad SMARTS) is 1. The van der Waals surface area contributed by atoms with Gasteiger partial charge in [0.25, 0.3) is 0 Å². The Balaban J connectivity index is 2.43. The summed E-state index contributed by atoms with van der Waals surface area (Å²) in [5.74, 6) is -0.948. The van der Waals surface area contributed by atoms with E-state index in [9.17, 15) is 9.59 Å². The highest BCUT2D eigenvalue weighted by Crippen LogP contribution is 2.30. The molecule has 0 heterocycles. The molecule has 1 saturated carbocycles. The van der Waals surface area contributed by atoms with Crippen LogP contribution in [0.4, 0.5) is 4.79 Å². The third-order valence-corrected chi connectivity index (χ3v) is 3.21. The summed E-state index contributed by atoms with van der Waals surface area (Å²) in [6.45, 7) is 7.37. The maximum Gasteiger partial charge on any atom is 0.407 e. The van der Waals surface area contributed by atoms with Crippen LogP contribution in [0.15, 0.2) is 0 Å². The number of amides is 1. The molecule has 0 unspecified atom stereocenters. The largest absolute Gasteiger partial charge is 0.481 e. The van der Waals surface area contributed by atoms with Gasteiger partial charge in [-0.2, -0.15) is 0 Å². The lowest BCUT2D eigenvalue weighted by molar-refractivity contribution is -0.144. The van der Waals surface area contributed by atoms with Gasteiger partial charge < -0.3 is 15.2 Å². The minimum absolute atomic E-state index is 0.0189. The average molecular weight is 257 g/mol. The normalized spacial score (nSPS) is 28.6. The van der Waals surface area contributed by atoms with E-state index in [-0.39, 0.29) is 17.9 Å². The lowest BCUT2D eigenvalue weighted by atomic mass is 9.78. The molecular formula is C13H23NO4. The molecule has 0 saturated heterocycles. The highest BCUT2D eigenvalue weighted by Gasteiger charge is 2.33. The van der Waals surface area contributed by atoms with Gasteiger partial charge in [-0.05, 0) is 46.0 Å². The molecule has 0 aromatic carbocycles. The zero-order valence-electron chi connectivity index (χ0n) is 11.5. The lowest BCUT2D eigenvalue weighted by Gasteiger charge is -2.32. The van der Waals surface area contributed by atoms with Gasteiger partial charge in [0.05, 0.1) is 5.92 Å². The lowest BCUT2D eigenvalue weighted by Crippen LogP contribution is -2.43. The minimum Gasteiger partial charge on any atom is -0.481 e. The number of ether oxygens (including phenoxy) is 1. The van der Waals surface area contributed by atoms with Crippen molar-refractivity contribution in [2.75, 3.05) is 0 Å². The molecule has 5 nitrogen and oxygen atoms in total. The van der Waals surface area contributed by atoms with Gasteiger partial charge in [-0.25, -0.2) is 4.79 Å². The highest BCUT2D eigenvalue weighted by molar-refractivity contribution is 5.71. The van der Waals surface area contributed by atoms with Crippen LogP contribution in [0.5, 0.6) is 0 Å². The third-order valence-electron chi connectivity index (χ3n) is 3.21. The van der Waals surface area contributed by atoms with Crippen molar-refractivity contribution in [1.29, 1.82) is 0 Å². The van der Waals surface area contributed by atoms with Gasteiger partial charge in [0.2, 0.25) is 0 Å². The van der Waals surface area contributed by atoms with Crippen molar-refractivity contribution in [2.24, 2.45) is 11.8 Å². The third kappa shape index (κ3) is 4.55. The Bertz CT molecular complexity index is 321. The van der Waals surface area contributed by atoms with Gasteiger partial charge >= 0.3 is 12.1 Å². The Morgan fingerprint density at radius 2 is 1.89 bits per heavy atom. The maximum atomic E-state index is 11.6. The number of rotatable bonds is 2. The van der Waals surface area contributed by atoms with Gasteiger partial charge in [-0.1, -0.05) is 6.92 Å². The summed E-state index contributed by atoms with van der Waals surface area (Å²) in [5, 5.41) is 11.8. The Morgan fingerprint density at radius 1 is 1.28 bits per heavy atom. The number of nitrogens with one attached hydrogen (secondary N) is 1. The molecule has 1 rings (SSSR count). The first kappa shape index (κ1) is 14.8. The molecule has 2 N–H and O–H groups in total. The maximum absolute atomic E-state index is 11.6. The first-order chi connectivity index (χ1) is 8.19. The quantitative estimate of drug-likeness (QED) is 0.796. The van der Waals surface area contributed by atoms with Crippen molar-refractivity contribution < 1.29 is 19.4 Å². The highest BCUT2D eigenvalue weighted by atomic mass is 16.6. The predicted molar refractivity (Wildman–Crippen MR) is 67.3 cm³/mol. The number of hydrogen-bond donors (Lipinski definition) is 2. The van der Waals surface area contributed by atoms with Crippen LogP contribution < -0.4 is 5.32 Å². The van der Waals surface area contributed by atoms with E-state index in [1.54, 1.807) is 0 Å². The van der Waals surface area contributed by atoms with Crippen LogP contribution in [-0.2, 0) is 9.53 Å². The van der Waals surface area contributed by atoms with Crippen LogP contribution >= 0.6 is 0 Å². The topological polar surface area (TPSA) is 75.6 Å². The Hall–Kier alpha value is -1.26. The molecule has 0 aromatic rings. The van der Waals surface area contributed by atoms with Gasteiger partial charge in [0, 0.05) is 6.04 Å². The molecule has 104 valence electrons. The zero-order chi connectivity index (χ0) is 13.9. The van der Waals surface area contributed by atoms with Crippen molar-refractivity contribution in [2.45, 2.75) is 58.6 Å². The number of carboxylic acids is 1. The van der Waals surface area contributed by atoms with E-state index in [0.717, 1.165) is 0 Å². The fraction of sp³-hybridized carbons (Fsp3) is 0.846. The van der Waals surface area contributed by atoms with E-state index in [4.69, 9.17) is 9.84 Å². The summed E-state index contributed by atoms with van der Waals surface area (Å²) in [6.07, 6.45) is 1.57. The van der Waals surface area contributed by atoms with Crippen molar-refractivity contribution in [3.05, 3.63) is 0 Å². The van der Waals surface area contributed by atoms with Gasteiger partial charge in [0.1, 0.15) is 5.60 Å². The summed E-state index contributed by atoms with van der Waals surface area (Å²) in [6, 6.07) is 0.0189. The number of carbonyl (C=O) groups is 2. The molecule has 18 heavy (non-hydrogen) atoms. The van der Waals surface area contributed by atoms with Crippen LogP contribution in [0.3, 0.4) is 0 Å². The fourth-order valence-corrected chi connectivity index (χ4v) is 2.37. The van der Waals surface area contributed by atoms with Crippen molar-refractivity contribution >= 4 is 12.1 Å². The number of aliphatic carboxylic acids is 1. The Morgan fingerprint density at radius 3 is 2.33 bits per heavy atom. The summed E-state index contributed by atoms with van der Waals surface area (Å²) >= 11 is 0. The summed E-state index contributed by atoms with van der Waals surface area (Å²) < 4.78 is 5.18. The molecule has 0 aromatic heterocycles. The molecule has 1 fully saturated rings. The molecule has 0 bridgehead atoms. The van der Waals surface area contributed by atoms with Gasteiger partial charge in [-0.15, -0.1) is 0 Å². The Kier molecular flexibility index (Phi) is 4.59. The van der Waals surface area contributed by atoms with Crippen molar-refractivity contribution in [3.8, 4) is 0 Å². The molecule has 0 radical (unpaired) electrons. The second kappa shape index (κ2) is 5.59. The van der Waals surface area contributed by atoms with E-state index in [2.05, 4.69) is 5.32 Å². The molecule has 3 atom stereocenters. The first-order valence-corrected chi connectivity index (χ1v) is 6.41. The van der Waals surface area contributed by atoms with Crippen LogP contribution in [0, 0.1) is 11.8 Å². The van der Waals surface area contributed by atoms with E-state index in [0.29, 0.717) is 19.3 Å². The molecule has 1 amide bonds. The van der Waals surface area contributed by atoms with Crippen LogP contribution in [-0.4, -0.2) is 28.8 Å². The van der Waals surface area contributed by atoms with Crippen LogP contribution in [0.1, 0.15) is 47.0 Å². The molecule has 5 heteroatoms. The second-order valence-corrected chi connectivity index (χ2v) is 6.08. The number of carbonyl (C=O) groups excluding carboxylic acids is 1. The molecular weight excluding hydrogens is 234 g/mol. The minimum atomic E-state index is -0.738. The number of alkyl carbamates (subject to hydrolysis) is 1. The predicted octanol–water partition coefficient (Wildman–Crippen LogP) is 2.40. The smallest absolute Gasteiger partial charge is 0.407 e. The second-order valence-electron chi connectivity index (χ2n) is 6.08. The molecule has 0 aliphatic heterocycles. The zero-order valence-corrected chi connectivity index (χ0v) is 11.5. The Labute approximate surface area is 108 Å². The number of hydrogen-bond acceptors (Lipinski definition) is 3. The standard InChI is InChI=1S/C13H23NO4/c1-8-7-9(5-6-10(8)11(15)16)14-12(17)18-13(2,3)4/h8-10H,5-7H2,1-4H3,(H,14,17)(H,15,16)/t8-,9-,10+/m1/s1. The van der Waals surface area contributed by atoms with Crippen LogP contribution in [0.2, 0.25) is 0 Å².